The lowest BCUT2D eigenvalue weighted by atomic mass is 10.1. The van der Waals surface area contributed by atoms with Gasteiger partial charge in [0, 0.05) is 12.1 Å². The second-order valence-electron chi connectivity index (χ2n) is 6.54. The van der Waals surface area contributed by atoms with Gasteiger partial charge in [-0.2, -0.15) is 0 Å². The fourth-order valence-electron chi connectivity index (χ4n) is 2.90. The Morgan fingerprint density at radius 2 is 1.56 bits per heavy atom. The van der Waals surface area contributed by atoms with E-state index >= 15 is 0 Å². The molecule has 5 nitrogen and oxygen atoms in total. The van der Waals surface area contributed by atoms with Gasteiger partial charge in [0.15, 0.2) is 0 Å². The average Bonchev–Trinajstić information content (AvgIpc) is 3.35. The van der Waals surface area contributed by atoms with Crippen molar-refractivity contribution in [3.63, 3.8) is 0 Å². The van der Waals surface area contributed by atoms with Gasteiger partial charge < -0.3 is 13.7 Å². The second kappa shape index (κ2) is 8.93. The van der Waals surface area contributed by atoms with E-state index in [0.29, 0.717) is 18.1 Å². The zero-order valence-corrected chi connectivity index (χ0v) is 16.2. The van der Waals surface area contributed by atoms with Crippen molar-refractivity contribution in [2.24, 2.45) is 0 Å². The molecule has 0 fully saturated rings. The summed E-state index contributed by atoms with van der Waals surface area (Å²) in [5.41, 5.74) is 1.04. The Labute approximate surface area is 164 Å². The molecule has 0 aliphatic rings. The van der Waals surface area contributed by atoms with Gasteiger partial charge in [0.25, 0.3) is 0 Å². The summed E-state index contributed by atoms with van der Waals surface area (Å²) in [6, 6.07) is 15.0. The van der Waals surface area contributed by atoms with Crippen molar-refractivity contribution in [3.05, 3.63) is 83.2 Å². The van der Waals surface area contributed by atoms with E-state index in [1.165, 1.54) is 0 Å². The maximum Gasteiger partial charge on any atom is 0.237 e. The topological polar surface area (TPSA) is 49.8 Å². The van der Waals surface area contributed by atoms with Crippen LogP contribution in [-0.4, -0.2) is 29.3 Å². The van der Waals surface area contributed by atoms with Gasteiger partial charge in [-0.1, -0.05) is 23.7 Å². The van der Waals surface area contributed by atoms with Crippen LogP contribution in [-0.2, 0) is 17.9 Å². The summed E-state index contributed by atoms with van der Waals surface area (Å²) in [7, 11) is 1.82. The van der Waals surface area contributed by atoms with Crippen molar-refractivity contribution in [3.8, 4) is 0 Å². The number of amides is 1. The highest BCUT2D eigenvalue weighted by Gasteiger charge is 2.21. The predicted octanol–water partition coefficient (Wildman–Crippen LogP) is 4.75. The van der Waals surface area contributed by atoms with Crippen LogP contribution in [0.3, 0.4) is 0 Å². The number of carbonyl (C=O) groups excluding carboxylic acids is 1. The van der Waals surface area contributed by atoms with Crippen molar-refractivity contribution < 1.29 is 13.6 Å². The molecule has 0 aliphatic carbocycles. The lowest BCUT2D eigenvalue weighted by molar-refractivity contribution is -0.133. The largest absolute Gasteiger partial charge is 0.468 e. The number of halogens is 1. The van der Waals surface area contributed by atoms with Crippen LogP contribution >= 0.6 is 11.6 Å². The van der Waals surface area contributed by atoms with Crippen molar-refractivity contribution >= 4 is 17.5 Å². The molecule has 2 aromatic heterocycles. The maximum absolute atomic E-state index is 12.9. The van der Waals surface area contributed by atoms with E-state index in [1.54, 1.807) is 17.4 Å². The highest BCUT2D eigenvalue weighted by molar-refractivity contribution is 6.30. The molecule has 3 rings (SSSR count). The first-order valence-electron chi connectivity index (χ1n) is 8.81. The summed E-state index contributed by atoms with van der Waals surface area (Å²) in [6.07, 6.45) is 3.27. The van der Waals surface area contributed by atoms with E-state index in [0.717, 1.165) is 17.1 Å². The molecule has 1 amide bonds. The number of furan rings is 2. The van der Waals surface area contributed by atoms with Gasteiger partial charge in [-0.05, 0) is 48.9 Å². The Morgan fingerprint density at radius 1 is 1.00 bits per heavy atom. The molecular weight excluding hydrogens is 364 g/mol. The molecule has 0 saturated heterocycles. The third-order valence-corrected chi connectivity index (χ3v) is 4.86. The molecule has 2 heterocycles. The summed E-state index contributed by atoms with van der Waals surface area (Å²) in [5.74, 6) is 1.64. The molecule has 1 aromatic carbocycles. The highest BCUT2D eigenvalue weighted by Crippen LogP contribution is 2.21. The number of carbonyl (C=O) groups is 1. The quantitative estimate of drug-likeness (QED) is 0.560. The minimum atomic E-state index is -0.0520. The van der Waals surface area contributed by atoms with Gasteiger partial charge >= 0.3 is 0 Å². The van der Waals surface area contributed by atoms with Gasteiger partial charge in [0.05, 0.1) is 38.2 Å². The van der Waals surface area contributed by atoms with E-state index in [4.69, 9.17) is 20.4 Å². The molecule has 0 saturated carbocycles. The normalized spacial score (nSPS) is 12.3. The van der Waals surface area contributed by atoms with Gasteiger partial charge in [0.2, 0.25) is 5.91 Å². The molecule has 3 aromatic rings. The zero-order valence-electron chi connectivity index (χ0n) is 15.5. The average molecular weight is 387 g/mol. The first-order valence-corrected chi connectivity index (χ1v) is 9.19. The van der Waals surface area contributed by atoms with E-state index in [9.17, 15) is 4.79 Å². The van der Waals surface area contributed by atoms with E-state index < -0.39 is 0 Å². The smallest absolute Gasteiger partial charge is 0.237 e. The van der Waals surface area contributed by atoms with Crippen LogP contribution in [0.1, 0.15) is 30.0 Å². The van der Waals surface area contributed by atoms with Crippen LogP contribution in [0.4, 0.5) is 0 Å². The van der Waals surface area contributed by atoms with Crippen LogP contribution in [0, 0.1) is 0 Å². The standard InChI is InChI=1S/C21H23ClN2O3/c1-16(17-7-9-18(22)10-8-17)23(2)21(25)15-24(13-19-5-3-11-26-19)14-20-6-4-12-27-20/h3-12,16H,13-15H2,1-2H3. The van der Waals surface area contributed by atoms with Gasteiger partial charge in [-0.3, -0.25) is 9.69 Å². The molecule has 142 valence electrons. The van der Waals surface area contributed by atoms with E-state index in [2.05, 4.69) is 0 Å². The third kappa shape index (κ3) is 5.25. The molecule has 0 radical (unpaired) electrons. The van der Waals surface area contributed by atoms with Crippen LogP contribution in [0.15, 0.2) is 69.9 Å². The second-order valence-corrected chi connectivity index (χ2v) is 6.97. The van der Waals surface area contributed by atoms with Crippen LogP contribution in [0.2, 0.25) is 5.02 Å². The van der Waals surface area contributed by atoms with Crippen molar-refractivity contribution in [1.29, 1.82) is 0 Å². The minimum Gasteiger partial charge on any atom is -0.468 e. The van der Waals surface area contributed by atoms with Crippen LogP contribution < -0.4 is 0 Å². The van der Waals surface area contributed by atoms with Gasteiger partial charge in [-0.25, -0.2) is 0 Å². The fourth-order valence-corrected chi connectivity index (χ4v) is 3.02. The van der Waals surface area contributed by atoms with Crippen LogP contribution in [0.25, 0.3) is 0 Å². The first kappa shape index (κ1) is 19.3. The summed E-state index contributed by atoms with van der Waals surface area (Å²) >= 11 is 5.96. The number of benzene rings is 1. The first-order chi connectivity index (χ1) is 13.0. The summed E-state index contributed by atoms with van der Waals surface area (Å²) in [6.45, 7) is 3.32. The molecule has 0 spiro atoms. The van der Waals surface area contributed by atoms with Crippen LogP contribution in [0.5, 0.6) is 0 Å². The highest BCUT2D eigenvalue weighted by atomic mass is 35.5. The monoisotopic (exact) mass is 386 g/mol. The van der Waals surface area contributed by atoms with Crippen molar-refractivity contribution in [1.82, 2.24) is 9.80 Å². The molecule has 0 bridgehead atoms. The van der Waals surface area contributed by atoms with Gasteiger partial charge in [0.1, 0.15) is 11.5 Å². The maximum atomic E-state index is 12.9. The Morgan fingerprint density at radius 3 is 2.04 bits per heavy atom. The van der Waals surface area contributed by atoms with E-state index in [-0.39, 0.29) is 18.5 Å². The number of rotatable bonds is 8. The lowest BCUT2D eigenvalue weighted by Crippen LogP contribution is -2.39. The minimum absolute atomic E-state index is 0.0237. The molecule has 6 heteroatoms. The number of hydrogen-bond acceptors (Lipinski definition) is 4. The molecule has 0 N–H and O–H groups in total. The summed E-state index contributed by atoms with van der Waals surface area (Å²) in [5, 5.41) is 0.683. The molecular formula is C21H23ClN2O3. The SMILES string of the molecule is CC(c1ccc(Cl)cc1)N(C)C(=O)CN(Cc1ccco1)Cc1ccco1. The number of nitrogens with zero attached hydrogens (tertiary/aromatic N) is 2. The Balaban J connectivity index is 1.67. The molecule has 1 unspecified atom stereocenters. The summed E-state index contributed by atoms with van der Waals surface area (Å²) < 4.78 is 10.9. The Hall–Kier alpha value is -2.50. The number of hydrogen-bond donors (Lipinski definition) is 0. The molecule has 1 atom stereocenters. The Kier molecular flexibility index (Phi) is 6.37. The summed E-state index contributed by atoms with van der Waals surface area (Å²) in [4.78, 5) is 16.6. The zero-order chi connectivity index (χ0) is 19.2. The van der Waals surface area contributed by atoms with Crippen molar-refractivity contribution in [2.45, 2.75) is 26.1 Å². The Bertz CT molecular complexity index is 793. The predicted molar refractivity (Wildman–Crippen MR) is 104 cm³/mol. The molecule has 27 heavy (non-hydrogen) atoms. The van der Waals surface area contributed by atoms with Gasteiger partial charge in [-0.15, -0.1) is 0 Å². The fraction of sp³-hybridized carbons (Fsp3) is 0.286. The number of likely N-dealkylation sites (N-methyl/N-ethyl adjacent to an activating group) is 1. The third-order valence-electron chi connectivity index (χ3n) is 4.60. The van der Waals surface area contributed by atoms with E-state index in [1.807, 2.05) is 67.4 Å². The van der Waals surface area contributed by atoms with Crippen molar-refractivity contribution in [2.75, 3.05) is 13.6 Å². The lowest BCUT2D eigenvalue weighted by Gasteiger charge is -2.28. The molecule has 0 aliphatic heterocycles.